The number of pyridine rings is 1. The summed E-state index contributed by atoms with van der Waals surface area (Å²) in [5.41, 5.74) is 5.46. The van der Waals surface area contributed by atoms with Gasteiger partial charge in [0.05, 0.1) is 12.1 Å². The number of rotatable bonds is 3. The maximum atomic E-state index is 11.0. The van der Waals surface area contributed by atoms with E-state index in [0.29, 0.717) is 0 Å². The number of aliphatic hydroxyl groups is 2. The van der Waals surface area contributed by atoms with E-state index < -0.39 is 18.2 Å². The number of nitrogens with two attached hydrogens (primary N) is 1. The molecule has 1 rings (SSSR count). The van der Waals surface area contributed by atoms with Crippen molar-refractivity contribution in [2.24, 2.45) is 0 Å². The number of carbonyl (C=O) groups is 1. The highest BCUT2D eigenvalue weighted by Crippen LogP contribution is 2.26. The largest absolute Gasteiger partial charge is 0.467 e. The first kappa shape index (κ1) is 12.7. The third kappa shape index (κ3) is 2.60. The van der Waals surface area contributed by atoms with Gasteiger partial charge in [-0.05, 0) is 6.07 Å². The molecule has 0 aliphatic heterocycles. The lowest BCUT2D eigenvalue weighted by Gasteiger charge is -2.16. The van der Waals surface area contributed by atoms with Crippen molar-refractivity contribution in [3.05, 3.63) is 22.8 Å². The number of anilines is 1. The number of halogens is 1. The highest BCUT2D eigenvalue weighted by atomic mass is 35.5. The normalized spacial score (nSPS) is 14.2. The molecule has 0 saturated carbocycles. The molecule has 7 heteroatoms. The number of methoxy groups -OCH3 is 1. The van der Waals surface area contributed by atoms with Crippen LogP contribution in [0.5, 0.6) is 0 Å². The molecule has 0 saturated heterocycles. The Morgan fingerprint density at radius 1 is 1.62 bits per heavy atom. The van der Waals surface area contributed by atoms with Gasteiger partial charge in [0.15, 0.2) is 6.10 Å². The third-order valence-corrected chi connectivity index (χ3v) is 2.29. The van der Waals surface area contributed by atoms with Crippen molar-refractivity contribution < 1.29 is 19.7 Å². The maximum absolute atomic E-state index is 11.0. The van der Waals surface area contributed by atoms with E-state index in [2.05, 4.69) is 9.72 Å². The molecule has 0 radical (unpaired) electrons. The number of aromatic nitrogens is 1. The van der Waals surface area contributed by atoms with Gasteiger partial charge in [-0.25, -0.2) is 9.78 Å². The molecule has 0 aliphatic carbocycles. The van der Waals surface area contributed by atoms with Gasteiger partial charge in [-0.1, -0.05) is 11.6 Å². The zero-order valence-electron chi connectivity index (χ0n) is 8.42. The Hall–Kier alpha value is -1.37. The van der Waals surface area contributed by atoms with E-state index >= 15 is 0 Å². The Labute approximate surface area is 96.6 Å². The van der Waals surface area contributed by atoms with Crippen molar-refractivity contribution in [1.82, 2.24) is 4.98 Å². The quantitative estimate of drug-likeness (QED) is 0.643. The first-order valence-corrected chi connectivity index (χ1v) is 4.70. The third-order valence-electron chi connectivity index (χ3n) is 1.96. The van der Waals surface area contributed by atoms with Gasteiger partial charge in [0.2, 0.25) is 0 Å². The summed E-state index contributed by atoms with van der Waals surface area (Å²) < 4.78 is 4.28. The molecule has 0 spiro atoms. The number of aliphatic hydroxyl groups excluding tert-OH is 2. The number of hydrogen-bond acceptors (Lipinski definition) is 6. The van der Waals surface area contributed by atoms with Crippen molar-refractivity contribution in [2.75, 3.05) is 12.8 Å². The van der Waals surface area contributed by atoms with Crippen LogP contribution in [0, 0.1) is 0 Å². The summed E-state index contributed by atoms with van der Waals surface area (Å²) in [6.07, 6.45) is -2.03. The molecule has 1 aromatic heterocycles. The van der Waals surface area contributed by atoms with Gasteiger partial charge in [-0.3, -0.25) is 0 Å². The van der Waals surface area contributed by atoms with Gasteiger partial charge in [0.1, 0.15) is 11.9 Å². The van der Waals surface area contributed by atoms with Crippen LogP contribution in [-0.4, -0.2) is 34.4 Å². The van der Waals surface area contributed by atoms with Crippen molar-refractivity contribution in [2.45, 2.75) is 12.2 Å². The van der Waals surface area contributed by atoms with E-state index in [1.807, 2.05) is 0 Å². The van der Waals surface area contributed by atoms with Crippen LogP contribution in [0.1, 0.15) is 11.7 Å². The average Bonchev–Trinajstić information content (AvgIpc) is 2.26. The van der Waals surface area contributed by atoms with Crippen LogP contribution in [0.25, 0.3) is 0 Å². The van der Waals surface area contributed by atoms with Crippen LogP contribution in [0.4, 0.5) is 5.82 Å². The summed E-state index contributed by atoms with van der Waals surface area (Å²) in [5.74, 6) is -0.783. The fraction of sp³-hybridized carbons (Fsp3) is 0.333. The second kappa shape index (κ2) is 5.11. The van der Waals surface area contributed by atoms with E-state index in [9.17, 15) is 15.0 Å². The van der Waals surface area contributed by atoms with Crippen molar-refractivity contribution in [3.63, 3.8) is 0 Å². The molecule has 16 heavy (non-hydrogen) atoms. The second-order valence-corrected chi connectivity index (χ2v) is 3.45. The first-order valence-electron chi connectivity index (χ1n) is 4.32. The van der Waals surface area contributed by atoms with Crippen molar-refractivity contribution in [3.8, 4) is 0 Å². The first-order chi connectivity index (χ1) is 7.47. The highest BCUT2D eigenvalue weighted by molar-refractivity contribution is 6.31. The minimum atomic E-state index is -1.71. The molecule has 0 amide bonds. The van der Waals surface area contributed by atoms with E-state index in [0.717, 1.165) is 7.11 Å². The molecule has 2 atom stereocenters. The fourth-order valence-electron chi connectivity index (χ4n) is 1.09. The molecule has 2 unspecified atom stereocenters. The summed E-state index contributed by atoms with van der Waals surface area (Å²) >= 11 is 5.77. The minimum Gasteiger partial charge on any atom is -0.467 e. The van der Waals surface area contributed by atoms with Crippen molar-refractivity contribution in [1.29, 1.82) is 0 Å². The van der Waals surface area contributed by atoms with Crippen LogP contribution in [0.3, 0.4) is 0 Å². The van der Waals surface area contributed by atoms with Crippen LogP contribution in [0.2, 0.25) is 5.02 Å². The summed E-state index contributed by atoms with van der Waals surface area (Å²) in [5, 5.41) is 19.2. The maximum Gasteiger partial charge on any atom is 0.337 e. The van der Waals surface area contributed by atoms with Crippen molar-refractivity contribution >= 4 is 23.4 Å². The molecular formula is C9H11ClN2O4. The predicted molar refractivity (Wildman–Crippen MR) is 56.6 cm³/mol. The monoisotopic (exact) mass is 246 g/mol. The molecule has 0 bridgehead atoms. The lowest BCUT2D eigenvalue weighted by molar-refractivity contribution is -0.156. The SMILES string of the molecule is COC(=O)C(O)C(O)c1cnc(N)cc1Cl. The molecule has 1 aromatic rings. The number of nitrogens with zero attached hydrogens (tertiary/aromatic N) is 1. The van der Waals surface area contributed by atoms with Gasteiger partial charge in [0.25, 0.3) is 0 Å². The molecule has 4 N–H and O–H groups in total. The number of hydrogen-bond donors (Lipinski definition) is 3. The van der Waals surface area contributed by atoms with E-state index in [-0.39, 0.29) is 16.4 Å². The predicted octanol–water partition coefficient (Wildman–Crippen LogP) is -0.116. The number of carbonyl (C=O) groups excluding carboxylic acids is 1. The number of nitrogen functional groups attached to an aromatic ring is 1. The van der Waals surface area contributed by atoms with Crippen LogP contribution < -0.4 is 5.73 Å². The Morgan fingerprint density at radius 3 is 2.75 bits per heavy atom. The van der Waals surface area contributed by atoms with Gasteiger partial charge in [-0.2, -0.15) is 0 Å². The van der Waals surface area contributed by atoms with Gasteiger partial charge in [0, 0.05) is 11.8 Å². The number of esters is 1. The zero-order chi connectivity index (χ0) is 12.3. The van der Waals surface area contributed by atoms with E-state index in [4.69, 9.17) is 17.3 Å². The molecule has 0 fully saturated rings. The molecule has 6 nitrogen and oxygen atoms in total. The lowest BCUT2D eigenvalue weighted by atomic mass is 10.1. The molecule has 0 aromatic carbocycles. The van der Waals surface area contributed by atoms with Gasteiger partial charge >= 0.3 is 5.97 Å². The summed E-state index contributed by atoms with van der Waals surface area (Å²) in [6.45, 7) is 0. The summed E-state index contributed by atoms with van der Waals surface area (Å²) in [6, 6.07) is 1.31. The Morgan fingerprint density at radius 2 is 2.25 bits per heavy atom. The number of ether oxygens (including phenoxy) is 1. The standard InChI is InChI=1S/C9H11ClN2O4/c1-16-9(15)8(14)7(13)4-3-12-6(11)2-5(4)10/h2-3,7-8,13-14H,1H3,(H2,11,12). The highest BCUT2D eigenvalue weighted by Gasteiger charge is 2.28. The minimum absolute atomic E-state index is 0.105. The zero-order valence-corrected chi connectivity index (χ0v) is 9.18. The average molecular weight is 247 g/mol. The smallest absolute Gasteiger partial charge is 0.337 e. The molecule has 0 aliphatic rings. The van der Waals surface area contributed by atoms with E-state index in [1.165, 1.54) is 12.3 Å². The Kier molecular flexibility index (Phi) is 4.05. The Balaban J connectivity index is 2.96. The fourth-order valence-corrected chi connectivity index (χ4v) is 1.37. The van der Waals surface area contributed by atoms with Gasteiger partial charge < -0.3 is 20.7 Å². The second-order valence-electron chi connectivity index (χ2n) is 3.04. The molecule has 88 valence electrons. The molecular weight excluding hydrogens is 236 g/mol. The summed E-state index contributed by atoms with van der Waals surface area (Å²) in [7, 11) is 1.10. The Bertz CT molecular complexity index is 399. The van der Waals surface area contributed by atoms with Crippen LogP contribution in [0.15, 0.2) is 12.3 Å². The van der Waals surface area contributed by atoms with Crippen LogP contribution in [-0.2, 0) is 9.53 Å². The topological polar surface area (TPSA) is 106 Å². The summed E-state index contributed by atoms with van der Waals surface area (Å²) in [4.78, 5) is 14.7. The van der Waals surface area contributed by atoms with E-state index in [1.54, 1.807) is 0 Å². The van der Waals surface area contributed by atoms with Gasteiger partial charge in [-0.15, -0.1) is 0 Å². The molecule has 1 heterocycles. The lowest BCUT2D eigenvalue weighted by Crippen LogP contribution is -2.29. The van der Waals surface area contributed by atoms with Crippen LogP contribution >= 0.6 is 11.6 Å².